The number of amides is 1. The highest BCUT2D eigenvalue weighted by Crippen LogP contribution is 2.24. The zero-order valence-electron chi connectivity index (χ0n) is 27.5. The number of nitrogens with zero attached hydrogens (tertiary/aromatic N) is 2. The number of likely N-dealkylation sites (tertiary alicyclic amines) is 1. The predicted octanol–water partition coefficient (Wildman–Crippen LogP) is 5.54. The van der Waals surface area contributed by atoms with Gasteiger partial charge in [0.2, 0.25) is 5.91 Å². The second-order valence-electron chi connectivity index (χ2n) is 13.1. The fraction of sp³-hybridized carbons (Fsp3) is 0.629. The number of likely N-dealkylation sites (N-methyl/N-ethyl adjacent to an activating group) is 1. The third-order valence-electron chi connectivity index (χ3n) is 8.71. The number of piperidine rings is 1. The van der Waals surface area contributed by atoms with Crippen molar-refractivity contribution in [3.05, 3.63) is 69.7 Å². The Morgan fingerprint density at radius 2 is 1.67 bits per heavy atom. The van der Waals surface area contributed by atoms with Crippen LogP contribution >= 0.6 is 35.6 Å². The van der Waals surface area contributed by atoms with Gasteiger partial charge < -0.3 is 31.9 Å². The van der Waals surface area contributed by atoms with Crippen molar-refractivity contribution in [2.45, 2.75) is 89.4 Å². The lowest BCUT2D eigenvalue weighted by atomic mass is 10.00. The molecule has 1 fully saturated rings. The van der Waals surface area contributed by atoms with Crippen LogP contribution in [-0.4, -0.2) is 86.2 Å². The van der Waals surface area contributed by atoms with Crippen LogP contribution in [-0.2, 0) is 17.6 Å². The van der Waals surface area contributed by atoms with E-state index in [1.54, 1.807) is 12.1 Å². The molecule has 0 bridgehead atoms. The van der Waals surface area contributed by atoms with Crippen molar-refractivity contribution < 1.29 is 4.79 Å². The van der Waals surface area contributed by atoms with Crippen LogP contribution in [0.4, 0.5) is 0 Å². The summed E-state index contributed by atoms with van der Waals surface area (Å²) < 4.78 is 0. The van der Waals surface area contributed by atoms with Gasteiger partial charge in [0.15, 0.2) is 0 Å². The summed E-state index contributed by atoms with van der Waals surface area (Å²) in [6, 6.07) is 17.2. The van der Waals surface area contributed by atoms with Crippen LogP contribution in [0.3, 0.4) is 0 Å². The Kier molecular flexibility index (Phi) is 19.0. The van der Waals surface area contributed by atoms with Crippen LogP contribution < -0.4 is 22.1 Å². The number of carbonyl (C=O) groups is 1. The highest BCUT2D eigenvalue weighted by Gasteiger charge is 2.27. The van der Waals surface area contributed by atoms with Crippen LogP contribution in [0, 0.1) is 5.92 Å². The van der Waals surface area contributed by atoms with Crippen molar-refractivity contribution >= 4 is 41.5 Å². The summed E-state index contributed by atoms with van der Waals surface area (Å²) in [6.07, 6.45) is 7.56. The van der Waals surface area contributed by atoms with Crippen molar-refractivity contribution in [1.82, 2.24) is 20.4 Å². The Morgan fingerprint density at radius 1 is 0.978 bits per heavy atom. The predicted molar refractivity (Wildman–Crippen MR) is 194 cm³/mol. The molecule has 0 aromatic heterocycles. The van der Waals surface area contributed by atoms with Gasteiger partial charge in [-0.15, -0.1) is 12.4 Å². The summed E-state index contributed by atoms with van der Waals surface area (Å²) in [7, 11) is 2.24. The SMILES string of the molecule is CC(C)C[C@H](CN[C@H](CCCCN)CN(C)C1CCN(C(=O)Cc2ccc(Cl)c(Cl)c2)CC1)NC[C@H](N)Cc1ccccc1.Cl. The summed E-state index contributed by atoms with van der Waals surface area (Å²) in [5.74, 6) is 0.751. The largest absolute Gasteiger partial charge is 0.342 e. The fourth-order valence-electron chi connectivity index (χ4n) is 6.21. The Morgan fingerprint density at radius 3 is 2.31 bits per heavy atom. The van der Waals surface area contributed by atoms with E-state index in [9.17, 15) is 4.79 Å². The van der Waals surface area contributed by atoms with E-state index in [0.29, 0.717) is 40.5 Å². The van der Waals surface area contributed by atoms with E-state index in [-0.39, 0.29) is 24.4 Å². The number of benzene rings is 2. The molecule has 254 valence electrons. The quantitative estimate of drug-likeness (QED) is 0.145. The zero-order chi connectivity index (χ0) is 31.9. The minimum atomic E-state index is 0. The molecule has 3 atom stereocenters. The maximum atomic E-state index is 13.0. The molecule has 2 aromatic rings. The van der Waals surface area contributed by atoms with Crippen LogP contribution in [0.15, 0.2) is 48.5 Å². The molecule has 0 spiro atoms. The molecule has 1 saturated heterocycles. The van der Waals surface area contributed by atoms with Crippen molar-refractivity contribution in [3.63, 3.8) is 0 Å². The molecule has 45 heavy (non-hydrogen) atoms. The van der Waals surface area contributed by atoms with Crippen LogP contribution in [0.2, 0.25) is 10.0 Å². The highest BCUT2D eigenvalue weighted by atomic mass is 35.5. The monoisotopic (exact) mass is 682 g/mol. The number of nitrogens with one attached hydrogen (secondary N) is 2. The topological polar surface area (TPSA) is 99.6 Å². The number of rotatable bonds is 19. The number of hydrogen-bond donors (Lipinski definition) is 4. The summed E-state index contributed by atoms with van der Waals surface area (Å²) in [6.45, 7) is 9.56. The Bertz CT molecular complexity index is 1100. The smallest absolute Gasteiger partial charge is 0.226 e. The normalized spacial score (nSPS) is 16.1. The first-order chi connectivity index (χ1) is 21.1. The molecular formula is C35H57Cl3N6O. The summed E-state index contributed by atoms with van der Waals surface area (Å²) in [5, 5.41) is 8.70. The minimum absolute atomic E-state index is 0. The summed E-state index contributed by atoms with van der Waals surface area (Å²) in [5.41, 5.74) is 14.5. The van der Waals surface area contributed by atoms with Gasteiger partial charge in [-0.1, -0.05) is 79.9 Å². The molecule has 6 N–H and O–H groups in total. The van der Waals surface area contributed by atoms with Gasteiger partial charge in [0.25, 0.3) is 0 Å². The maximum absolute atomic E-state index is 13.0. The molecular weight excluding hydrogens is 627 g/mol. The number of carbonyl (C=O) groups excluding carboxylic acids is 1. The Labute approximate surface area is 288 Å². The van der Waals surface area contributed by atoms with Gasteiger partial charge in [-0.3, -0.25) is 4.79 Å². The summed E-state index contributed by atoms with van der Waals surface area (Å²) >= 11 is 12.2. The van der Waals surface area contributed by atoms with Gasteiger partial charge in [0, 0.05) is 56.9 Å². The zero-order valence-corrected chi connectivity index (χ0v) is 29.9. The Hall–Kier alpha value is -1.42. The molecule has 0 saturated carbocycles. The van der Waals surface area contributed by atoms with Crippen LogP contribution in [0.25, 0.3) is 0 Å². The van der Waals surface area contributed by atoms with Gasteiger partial charge >= 0.3 is 0 Å². The number of nitrogens with two attached hydrogens (primary N) is 2. The summed E-state index contributed by atoms with van der Waals surface area (Å²) in [4.78, 5) is 17.5. The number of halogens is 3. The molecule has 7 nitrogen and oxygen atoms in total. The third-order valence-corrected chi connectivity index (χ3v) is 9.45. The molecule has 1 aliphatic rings. The van der Waals surface area contributed by atoms with E-state index in [0.717, 1.165) is 89.8 Å². The molecule has 1 heterocycles. The molecule has 0 aliphatic carbocycles. The van der Waals surface area contributed by atoms with Gasteiger partial charge in [-0.2, -0.15) is 0 Å². The van der Waals surface area contributed by atoms with Crippen LogP contribution in [0.5, 0.6) is 0 Å². The lowest BCUT2D eigenvalue weighted by Gasteiger charge is -2.38. The minimum Gasteiger partial charge on any atom is -0.342 e. The average molecular weight is 684 g/mol. The van der Waals surface area contributed by atoms with Crippen molar-refractivity contribution in [2.24, 2.45) is 17.4 Å². The first-order valence-corrected chi connectivity index (χ1v) is 17.3. The van der Waals surface area contributed by atoms with Gasteiger partial charge in [0.05, 0.1) is 16.5 Å². The van der Waals surface area contributed by atoms with Gasteiger partial charge in [-0.05, 0) is 81.3 Å². The standard InChI is InChI=1S/C35H56Cl2N6O.ClH/c1-26(2)19-31(40-23-29(39)20-27-9-5-4-6-10-27)24-41-30(11-7-8-16-38)25-42(3)32-14-17-43(18-15-32)35(44)22-28-12-13-33(36)34(37)21-28;/h4-6,9-10,12-13,21,26,29-32,40-41H,7-8,11,14-20,22-25,38-39H2,1-3H3;1H/t29-,30-,31-;/m1./s1. The molecule has 0 radical (unpaired) electrons. The first kappa shape index (κ1) is 39.8. The van der Waals surface area contributed by atoms with Gasteiger partial charge in [0.1, 0.15) is 0 Å². The van der Waals surface area contributed by atoms with Crippen molar-refractivity contribution in [1.29, 1.82) is 0 Å². The molecule has 1 aliphatic heterocycles. The van der Waals surface area contributed by atoms with E-state index >= 15 is 0 Å². The van der Waals surface area contributed by atoms with E-state index in [2.05, 4.69) is 60.7 Å². The first-order valence-electron chi connectivity index (χ1n) is 16.5. The third kappa shape index (κ3) is 14.9. The van der Waals surface area contributed by atoms with E-state index in [4.69, 9.17) is 34.7 Å². The molecule has 3 rings (SSSR count). The lowest BCUT2D eigenvalue weighted by Crippen LogP contribution is -2.52. The van der Waals surface area contributed by atoms with Crippen LogP contribution in [0.1, 0.15) is 63.5 Å². The maximum Gasteiger partial charge on any atom is 0.226 e. The molecule has 1 amide bonds. The van der Waals surface area contributed by atoms with Crippen molar-refractivity contribution in [2.75, 3.05) is 46.3 Å². The number of unbranched alkanes of at least 4 members (excludes halogenated alkanes) is 1. The molecule has 10 heteroatoms. The highest BCUT2D eigenvalue weighted by molar-refractivity contribution is 6.42. The second-order valence-corrected chi connectivity index (χ2v) is 13.9. The van der Waals surface area contributed by atoms with Gasteiger partial charge in [-0.25, -0.2) is 0 Å². The van der Waals surface area contributed by atoms with E-state index < -0.39 is 0 Å². The fourth-order valence-corrected chi connectivity index (χ4v) is 6.53. The lowest BCUT2D eigenvalue weighted by molar-refractivity contribution is -0.132. The van der Waals surface area contributed by atoms with E-state index in [1.807, 2.05) is 17.0 Å². The second kappa shape index (κ2) is 21.5. The average Bonchev–Trinajstić information content (AvgIpc) is 3.00. The Balaban J connectivity index is 0.00000705. The van der Waals surface area contributed by atoms with E-state index in [1.165, 1.54) is 5.56 Å². The molecule has 0 unspecified atom stereocenters. The molecule has 2 aromatic carbocycles. The van der Waals surface area contributed by atoms with Crippen molar-refractivity contribution in [3.8, 4) is 0 Å². The number of hydrogen-bond acceptors (Lipinski definition) is 6.